The predicted molar refractivity (Wildman–Crippen MR) is 96.4 cm³/mol. The van der Waals surface area contributed by atoms with Crippen LogP contribution in [0.25, 0.3) is 10.9 Å². The number of nitrogens with one attached hydrogen (secondary N) is 2. The van der Waals surface area contributed by atoms with Crippen LogP contribution in [0.1, 0.15) is 30.9 Å². The van der Waals surface area contributed by atoms with Crippen LogP contribution in [0.3, 0.4) is 0 Å². The number of aliphatic hydroxyl groups excluding tert-OH is 1. The standard InChI is InChI=1S/C18H23ClN4O2/c1-20-18(25)23-8-10-2-3-11(9-23)14(10)6-16(24)15-5-13(19)4-12-7-21-22-17(12)15/h4-5,7,10-11,14,16,24H,2-3,6,8-9H2,1H3,(H,20,25)(H,21,22). The number of likely N-dealkylation sites (tertiary alicyclic amines) is 1. The second kappa shape index (κ2) is 6.50. The average molecular weight is 363 g/mol. The summed E-state index contributed by atoms with van der Waals surface area (Å²) < 4.78 is 0. The molecule has 2 heterocycles. The van der Waals surface area contributed by atoms with Gasteiger partial charge in [0, 0.05) is 36.1 Å². The number of aliphatic hydroxyl groups is 1. The van der Waals surface area contributed by atoms with Crippen molar-refractivity contribution < 1.29 is 9.90 Å². The van der Waals surface area contributed by atoms with E-state index in [1.165, 1.54) is 0 Å². The van der Waals surface area contributed by atoms with Crippen LogP contribution in [0.2, 0.25) is 5.02 Å². The molecule has 3 N–H and O–H groups in total. The molecule has 1 aliphatic heterocycles. The lowest BCUT2D eigenvalue weighted by Gasteiger charge is -2.38. The van der Waals surface area contributed by atoms with E-state index in [4.69, 9.17) is 11.6 Å². The van der Waals surface area contributed by atoms with E-state index >= 15 is 0 Å². The average Bonchev–Trinajstić information content (AvgIpc) is 3.14. The second-order valence-corrected chi connectivity index (χ2v) is 7.74. The molecule has 7 heteroatoms. The Morgan fingerprint density at radius 2 is 2.16 bits per heavy atom. The number of hydrogen-bond acceptors (Lipinski definition) is 3. The highest BCUT2D eigenvalue weighted by molar-refractivity contribution is 6.31. The third-order valence-electron chi connectivity index (χ3n) is 5.93. The molecule has 6 nitrogen and oxygen atoms in total. The number of urea groups is 1. The molecule has 1 aliphatic carbocycles. The summed E-state index contributed by atoms with van der Waals surface area (Å²) >= 11 is 6.20. The second-order valence-electron chi connectivity index (χ2n) is 7.30. The van der Waals surface area contributed by atoms with Crippen LogP contribution in [0.5, 0.6) is 0 Å². The first-order valence-corrected chi connectivity index (χ1v) is 9.22. The summed E-state index contributed by atoms with van der Waals surface area (Å²) in [4.78, 5) is 13.8. The van der Waals surface area contributed by atoms with Crippen molar-refractivity contribution in [2.75, 3.05) is 20.1 Å². The minimum atomic E-state index is -0.582. The fourth-order valence-electron chi connectivity index (χ4n) is 4.74. The van der Waals surface area contributed by atoms with Crippen molar-refractivity contribution in [2.45, 2.75) is 25.4 Å². The molecule has 3 unspecified atom stereocenters. The number of H-pyrrole nitrogens is 1. The largest absolute Gasteiger partial charge is 0.388 e. The van der Waals surface area contributed by atoms with Crippen LogP contribution in [0, 0.1) is 17.8 Å². The SMILES string of the molecule is CNC(=O)N1CC2CCC(C1)C2CC(O)c1cc(Cl)cc2cn[nH]c12. The van der Waals surface area contributed by atoms with Gasteiger partial charge in [0.2, 0.25) is 0 Å². The van der Waals surface area contributed by atoms with E-state index in [-0.39, 0.29) is 6.03 Å². The van der Waals surface area contributed by atoms with E-state index in [0.717, 1.165) is 42.4 Å². The summed E-state index contributed by atoms with van der Waals surface area (Å²) in [7, 11) is 1.68. The van der Waals surface area contributed by atoms with E-state index in [0.29, 0.717) is 29.2 Å². The topological polar surface area (TPSA) is 81.2 Å². The molecular formula is C18H23ClN4O2. The number of aromatic amines is 1. The van der Waals surface area contributed by atoms with Gasteiger partial charge < -0.3 is 15.3 Å². The maximum atomic E-state index is 11.9. The van der Waals surface area contributed by atoms with Crippen molar-refractivity contribution in [3.8, 4) is 0 Å². The van der Waals surface area contributed by atoms with Crippen LogP contribution in [-0.4, -0.2) is 46.4 Å². The minimum absolute atomic E-state index is 0.00454. The molecule has 1 aromatic heterocycles. The number of hydrogen-bond donors (Lipinski definition) is 3. The number of rotatable bonds is 3. The summed E-state index contributed by atoms with van der Waals surface area (Å²) in [6.07, 6.45) is 4.10. The van der Waals surface area contributed by atoms with Crippen LogP contribution < -0.4 is 5.32 Å². The van der Waals surface area contributed by atoms with Gasteiger partial charge >= 0.3 is 6.03 Å². The molecule has 134 valence electrons. The van der Waals surface area contributed by atoms with Gasteiger partial charge in [-0.05, 0) is 49.1 Å². The van der Waals surface area contributed by atoms with Gasteiger partial charge in [-0.3, -0.25) is 5.10 Å². The van der Waals surface area contributed by atoms with Crippen molar-refractivity contribution in [2.24, 2.45) is 17.8 Å². The maximum Gasteiger partial charge on any atom is 0.317 e. The number of halogens is 1. The highest BCUT2D eigenvalue weighted by atomic mass is 35.5. The van der Waals surface area contributed by atoms with Gasteiger partial charge in [0.1, 0.15) is 0 Å². The summed E-state index contributed by atoms with van der Waals surface area (Å²) in [5.41, 5.74) is 1.67. The van der Waals surface area contributed by atoms with E-state index in [2.05, 4.69) is 15.5 Å². The first-order valence-electron chi connectivity index (χ1n) is 8.84. The molecular weight excluding hydrogens is 340 g/mol. The zero-order valence-corrected chi connectivity index (χ0v) is 15.0. The van der Waals surface area contributed by atoms with Crippen molar-refractivity contribution in [3.05, 3.63) is 28.9 Å². The van der Waals surface area contributed by atoms with Gasteiger partial charge in [0.25, 0.3) is 0 Å². The number of carbonyl (C=O) groups is 1. The first-order chi connectivity index (χ1) is 12.1. The van der Waals surface area contributed by atoms with Gasteiger partial charge in [-0.15, -0.1) is 0 Å². The van der Waals surface area contributed by atoms with Gasteiger partial charge in [-0.25, -0.2) is 4.79 Å². The highest BCUT2D eigenvalue weighted by Crippen LogP contribution is 2.46. The van der Waals surface area contributed by atoms with Crippen LogP contribution in [0.15, 0.2) is 18.3 Å². The number of amides is 2. The molecule has 1 saturated carbocycles. The highest BCUT2D eigenvalue weighted by Gasteiger charge is 2.43. The van der Waals surface area contributed by atoms with Gasteiger partial charge in [0.15, 0.2) is 0 Å². The summed E-state index contributed by atoms with van der Waals surface area (Å²) in [6.45, 7) is 1.56. The lowest BCUT2D eigenvalue weighted by Crippen LogP contribution is -2.48. The Kier molecular flexibility index (Phi) is 4.33. The fourth-order valence-corrected chi connectivity index (χ4v) is 4.97. The monoisotopic (exact) mass is 362 g/mol. The summed E-state index contributed by atoms with van der Waals surface area (Å²) in [6, 6.07) is 3.68. The number of fused-ring (bicyclic) bond motifs is 3. The van der Waals surface area contributed by atoms with Crippen molar-refractivity contribution in [1.29, 1.82) is 0 Å². The van der Waals surface area contributed by atoms with Gasteiger partial charge in [-0.1, -0.05) is 11.6 Å². The minimum Gasteiger partial charge on any atom is -0.388 e. The molecule has 3 atom stereocenters. The van der Waals surface area contributed by atoms with E-state index < -0.39 is 6.10 Å². The number of carbonyl (C=O) groups excluding carboxylic acids is 1. The maximum absolute atomic E-state index is 11.9. The lowest BCUT2D eigenvalue weighted by molar-refractivity contribution is 0.0729. The Morgan fingerprint density at radius 1 is 1.44 bits per heavy atom. The Labute approximate surface area is 151 Å². The molecule has 2 bridgehead atoms. The molecule has 1 saturated heterocycles. The lowest BCUT2D eigenvalue weighted by atomic mass is 9.80. The number of aromatic nitrogens is 2. The van der Waals surface area contributed by atoms with E-state index in [9.17, 15) is 9.90 Å². The van der Waals surface area contributed by atoms with Gasteiger partial charge in [0.05, 0.1) is 17.8 Å². The van der Waals surface area contributed by atoms with Crippen LogP contribution in [0.4, 0.5) is 4.79 Å². The summed E-state index contributed by atoms with van der Waals surface area (Å²) in [5, 5.41) is 22.2. The third-order valence-corrected chi connectivity index (χ3v) is 6.15. The number of nitrogens with zero attached hydrogens (tertiary/aromatic N) is 2. The molecule has 25 heavy (non-hydrogen) atoms. The molecule has 2 aromatic rings. The third kappa shape index (κ3) is 2.98. The van der Waals surface area contributed by atoms with E-state index in [1.54, 1.807) is 13.2 Å². The summed E-state index contributed by atoms with van der Waals surface area (Å²) in [5.74, 6) is 1.36. The van der Waals surface area contributed by atoms with Crippen LogP contribution in [-0.2, 0) is 0 Å². The Hall–Kier alpha value is -1.79. The number of piperidine rings is 1. The molecule has 0 radical (unpaired) electrons. The molecule has 1 aromatic carbocycles. The normalized spacial score (nSPS) is 26.8. The smallest absolute Gasteiger partial charge is 0.317 e. The Morgan fingerprint density at radius 3 is 2.84 bits per heavy atom. The van der Waals surface area contributed by atoms with Crippen molar-refractivity contribution >= 4 is 28.5 Å². The zero-order chi connectivity index (χ0) is 17.6. The van der Waals surface area contributed by atoms with Gasteiger partial charge in [-0.2, -0.15) is 5.10 Å². The molecule has 2 amide bonds. The molecule has 2 fully saturated rings. The Balaban J connectivity index is 1.53. The number of benzene rings is 1. The van der Waals surface area contributed by atoms with Crippen LogP contribution >= 0.6 is 11.6 Å². The van der Waals surface area contributed by atoms with Crippen molar-refractivity contribution in [1.82, 2.24) is 20.4 Å². The fraction of sp³-hybridized carbons (Fsp3) is 0.556. The quantitative estimate of drug-likeness (QED) is 0.785. The van der Waals surface area contributed by atoms with Crippen molar-refractivity contribution in [3.63, 3.8) is 0 Å². The molecule has 4 rings (SSSR count). The predicted octanol–water partition coefficient (Wildman–Crippen LogP) is 2.94. The van der Waals surface area contributed by atoms with E-state index in [1.807, 2.05) is 17.0 Å². The molecule has 2 aliphatic rings. The Bertz CT molecular complexity index is 778. The zero-order valence-electron chi connectivity index (χ0n) is 14.2. The molecule has 0 spiro atoms. The first kappa shape index (κ1) is 16.7.